The van der Waals surface area contributed by atoms with E-state index in [4.69, 9.17) is 25.8 Å². The second kappa shape index (κ2) is 8.37. The van der Waals surface area contributed by atoms with E-state index in [0.717, 1.165) is 19.3 Å². The average Bonchev–Trinajstić information content (AvgIpc) is 3.10. The predicted molar refractivity (Wildman–Crippen MR) is 92.1 cm³/mol. The van der Waals surface area contributed by atoms with E-state index in [2.05, 4.69) is 0 Å². The van der Waals surface area contributed by atoms with E-state index >= 15 is 0 Å². The molecule has 2 fully saturated rings. The first-order valence-electron chi connectivity index (χ1n) is 8.69. The van der Waals surface area contributed by atoms with Crippen LogP contribution in [0.4, 0.5) is 4.39 Å². The fraction of sp³-hybridized carbons (Fsp3) is 0.667. The molecule has 1 aromatic carbocycles. The molecule has 1 heterocycles. The Morgan fingerprint density at radius 1 is 1.15 bits per heavy atom. The maximum Gasteiger partial charge on any atom is 0.138 e. The highest BCUT2D eigenvalue weighted by Crippen LogP contribution is 2.37. The molecule has 0 aromatic heterocycles. The molecule has 7 atom stereocenters. The third kappa shape index (κ3) is 3.98. The summed E-state index contributed by atoms with van der Waals surface area (Å²) in [6.07, 6.45) is -3.96. The minimum absolute atomic E-state index is 0.0316. The van der Waals surface area contributed by atoms with Crippen LogP contribution in [0.5, 0.6) is 5.75 Å². The van der Waals surface area contributed by atoms with E-state index in [1.54, 1.807) is 25.3 Å². The lowest BCUT2D eigenvalue weighted by molar-refractivity contribution is -0.227. The predicted octanol–water partition coefficient (Wildman–Crippen LogP) is 1.78. The van der Waals surface area contributed by atoms with Crippen molar-refractivity contribution in [1.82, 2.24) is 0 Å². The molecule has 6 nitrogen and oxygen atoms in total. The first-order valence-corrected chi connectivity index (χ1v) is 9.07. The van der Waals surface area contributed by atoms with E-state index < -0.39 is 37.2 Å². The Labute approximate surface area is 156 Å². The Hall–Kier alpha value is -0.960. The monoisotopic (exact) mass is 390 g/mol. The van der Waals surface area contributed by atoms with Crippen LogP contribution in [0, 0.1) is 0 Å². The fourth-order valence-electron chi connectivity index (χ4n) is 3.54. The molecule has 1 aliphatic heterocycles. The van der Waals surface area contributed by atoms with Gasteiger partial charge in [-0.3, -0.25) is 0 Å². The van der Waals surface area contributed by atoms with Gasteiger partial charge in [-0.25, -0.2) is 4.39 Å². The Kier molecular flexibility index (Phi) is 6.37. The molecule has 146 valence electrons. The third-order valence-corrected chi connectivity index (χ3v) is 5.42. The number of aliphatic hydroxyl groups is 3. The van der Waals surface area contributed by atoms with Gasteiger partial charge in [-0.1, -0.05) is 17.7 Å². The van der Waals surface area contributed by atoms with E-state index in [-0.39, 0.29) is 12.2 Å². The van der Waals surface area contributed by atoms with Crippen LogP contribution in [0.25, 0.3) is 0 Å². The highest BCUT2D eigenvalue weighted by Gasteiger charge is 2.44. The lowest BCUT2D eigenvalue weighted by Crippen LogP contribution is -2.54. The van der Waals surface area contributed by atoms with Crippen LogP contribution in [-0.2, 0) is 9.47 Å². The summed E-state index contributed by atoms with van der Waals surface area (Å²) < 4.78 is 29.8. The van der Waals surface area contributed by atoms with Crippen molar-refractivity contribution in [2.45, 2.75) is 62.0 Å². The van der Waals surface area contributed by atoms with Crippen molar-refractivity contribution in [3.05, 3.63) is 28.8 Å². The van der Waals surface area contributed by atoms with Gasteiger partial charge in [0.1, 0.15) is 49.0 Å². The van der Waals surface area contributed by atoms with Crippen LogP contribution in [0.3, 0.4) is 0 Å². The van der Waals surface area contributed by atoms with E-state index in [0.29, 0.717) is 16.3 Å². The van der Waals surface area contributed by atoms with E-state index in [9.17, 15) is 19.7 Å². The molecular formula is C18H24ClFO6. The first-order chi connectivity index (χ1) is 12.4. The van der Waals surface area contributed by atoms with Crippen molar-refractivity contribution in [2.75, 3.05) is 13.8 Å². The second-order valence-corrected chi connectivity index (χ2v) is 7.23. The molecule has 0 amide bonds. The summed E-state index contributed by atoms with van der Waals surface area (Å²) in [5.41, 5.74) is 0.489. The van der Waals surface area contributed by atoms with Gasteiger partial charge < -0.3 is 29.5 Å². The number of ether oxygens (including phenoxy) is 3. The largest absolute Gasteiger partial charge is 0.489 e. The molecule has 8 heteroatoms. The van der Waals surface area contributed by atoms with Gasteiger partial charge in [-0.15, -0.1) is 0 Å². The summed E-state index contributed by atoms with van der Waals surface area (Å²) in [6, 6.07) is 4.85. The van der Waals surface area contributed by atoms with Gasteiger partial charge in [0.25, 0.3) is 0 Å². The number of benzene rings is 1. The number of methoxy groups -OCH3 is 1. The fourth-order valence-corrected chi connectivity index (χ4v) is 3.70. The summed E-state index contributed by atoms with van der Waals surface area (Å²) >= 11 is 6.22. The molecule has 2 aliphatic rings. The topological polar surface area (TPSA) is 88.4 Å². The Morgan fingerprint density at radius 2 is 1.88 bits per heavy atom. The smallest absolute Gasteiger partial charge is 0.138 e. The molecule has 3 rings (SSSR count). The molecule has 0 bridgehead atoms. The molecule has 1 saturated carbocycles. The summed E-state index contributed by atoms with van der Waals surface area (Å²) in [5, 5.41) is 30.4. The summed E-state index contributed by atoms with van der Waals surface area (Å²) in [6.45, 7) is -0.973. The van der Waals surface area contributed by atoms with Gasteiger partial charge in [0, 0.05) is 13.5 Å². The first kappa shape index (κ1) is 19.8. The van der Waals surface area contributed by atoms with Crippen LogP contribution in [0.1, 0.15) is 30.9 Å². The van der Waals surface area contributed by atoms with Crippen LogP contribution in [0.15, 0.2) is 18.2 Å². The SMILES string of the molecule is COC1CCC(Oc2cc([C@@H]3O[C@H](CF)[C@@H](O)C(O)[C@H]3O)ccc2Cl)C1. The van der Waals surface area contributed by atoms with Crippen molar-refractivity contribution in [2.24, 2.45) is 0 Å². The third-order valence-electron chi connectivity index (χ3n) is 5.11. The van der Waals surface area contributed by atoms with Crippen molar-refractivity contribution >= 4 is 11.6 Å². The lowest BCUT2D eigenvalue weighted by Gasteiger charge is -2.40. The van der Waals surface area contributed by atoms with E-state index in [1.807, 2.05) is 0 Å². The molecule has 0 spiro atoms. The standard InChI is InChI=1S/C18H24ClFO6/c1-24-10-3-4-11(7-10)25-13-6-9(2-5-12(13)19)18-17(23)16(22)15(21)14(8-20)26-18/h2,5-6,10-11,14-18,21-23H,3-4,7-8H2,1H3/t10?,11?,14-,15-,16?,17-,18+/m1/s1. The molecule has 0 radical (unpaired) electrons. The number of alkyl halides is 1. The zero-order chi connectivity index (χ0) is 18.8. The minimum atomic E-state index is -1.51. The Morgan fingerprint density at radius 3 is 2.54 bits per heavy atom. The molecule has 1 aromatic rings. The molecule has 1 aliphatic carbocycles. The normalized spacial score (nSPS) is 37.7. The Balaban J connectivity index is 1.78. The Bertz CT molecular complexity index is 615. The maximum absolute atomic E-state index is 13.1. The number of hydrogen-bond donors (Lipinski definition) is 3. The zero-order valence-electron chi connectivity index (χ0n) is 14.4. The van der Waals surface area contributed by atoms with Crippen LogP contribution >= 0.6 is 11.6 Å². The van der Waals surface area contributed by atoms with Crippen molar-refractivity contribution in [3.63, 3.8) is 0 Å². The van der Waals surface area contributed by atoms with Gasteiger partial charge in [0.2, 0.25) is 0 Å². The lowest BCUT2D eigenvalue weighted by atomic mass is 9.91. The summed E-state index contributed by atoms with van der Waals surface area (Å²) in [5.74, 6) is 0.430. The van der Waals surface area contributed by atoms with Gasteiger partial charge in [-0.2, -0.15) is 0 Å². The van der Waals surface area contributed by atoms with Crippen LogP contribution in [-0.4, -0.2) is 65.7 Å². The maximum atomic E-state index is 13.1. The van der Waals surface area contributed by atoms with Crippen molar-refractivity contribution in [3.8, 4) is 5.75 Å². The molecule has 1 saturated heterocycles. The highest BCUT2D eigenvalue weighted by molar-refractivity contribution is 6.32. The number of aliphatic hydroxyl groups excluding tert-OH is 3. The number of rotatable bonds is 5. The highest BCUT2D eigenvalue weighted by atomic mass is 35.5. The minimum Gasteiger partial charge on any atom is -0.489 e. The molecule has 26 heavy (non-hydrogen) atoms. The zero-order valence-corrected chi connectivity index (χ0v) is 15.2. The van der Waals surface area contributed by atoms with Crippen molar-refractivity contribution < 1.29 is 33.9 Å². The number of halogens is 2. The molecule has 3 unspecified atom stereocenters. The van der Waals surface area contributed by atoms with Crippen molar-refractivity contribution in [1.29, 1.82) is 0 Å². The quantitative estimate of drug-likeness (QED) is 0.710. The number of hydrogen-bond acceptors (Lipinski definition) is 6. The molecule has 3 N–H and O–H groups in total. The van der Waals surface area contributed by atoms with E-state index in [1.165, 1.54) is 0 Å². The average molecular weight is 391 g/mol. The van der Waals surface area contributed by atoms with Gasteiger partial charge in [0.15, 0.2) is 0 Å². The summed E-state index contributed by atoms with van der Waals surface area (Å²) in [7, 11) is 1.67. The van der Waals surface area contributed by atoms with Crippen LogP contribution < -0.4 is 4.74 Å². The van der Waals surface area contributed by atoms with Crippen LogP contribution in [0.2, 0.25) is 5.02 Å². The molecular weight excluding hydrogens is 367 g/mol. The van der Waals surface area contributed by atoms with Gasteiger partial charge in [0.05, 0.1) is 11.1 Å². The summed E-state index contributed by atoms with van der Waals surface area (Å²) in [4.78, 5) is 0. The van der Waals surface area contributed by atoms with Gasteiger partial charge >= 0.3 is 0 Å². The van der Waals surface area contributed by atoms with Gasteiger partial charge in [-0.05, 0) is 30.5 Å². The second-order valence-electron chi connectivity index (χ2n) is 6.82.